The number of ether oxygens (including phenoxy) is 1. The van der Waals surface area contributed by atoms with Crippen molar-refractivity contribution in [3.63, 3.8) is 0 Å². The predicted molar refractivity (Wildman–Crippen MR) is 137 cm³/mol. The molecule has 174 valence electrons. The molecular formula is C27H40N2O2Si. The quantitative estimate of drug-likeness (QED) is 0.387. The Morgan fingerprint density at radius 2 is 1.66 bits per heavy atom. The molecule has 2 aromatic carbocycles. The molecule has 0 N–H and O–H groups in total. The standard InChI is InChI=1S/C27H40N2O2Si/c1-23(21-28-29-19-12-13-24(29)22-30-5)18-20-31-32(27(2,3)4,25-14-8-6-9-15-25)26-16-10-7-11-17-26/h6-11,14-17,21,23-24H,12-13,18-20,22H2,1-5H3/b28-21+/t23-,24+/m1/s1. The van der Waals surface area contributed by atoms with Gasteiger partial charge in [0.15, 0.2) is 0 Å². The van der Waals surface area contributed by atoms with Crippen LogP contribution in [0.25, 0.3) is 0 Å². The topological polar surface area (TPSA) is 34.1 Å². The van der Waals surface area contributed by atoms with Crippen LogP contribution in [0.2, 0.25) is 5.04 Å². The molecule has 5 heteroatoms. The third-order valence-electron chi connectivity index (χ3n) is 6.48. The van der Waals surface area contributed by atoms with Gasteiger partial charge in [-0.05, 0) is 40.6 Å². The molecule has 0 saturated carbocycles. The maximum Gasteiger partial charge on any atom is 0.261 e. The minimum atomic E-state index is -2.46. The van der Waals surface area contributed by atoms with Gasteiger partial charge in [-0.25, -0.2) is 0 Å². The number of rotatable bonds is 10. The first-order valence-electron chi connectivity index (χ1n) is 11.9. The molecule has 0 aliphatic carbocycles. The Labute approximate surface area is 195 Å². The van der Waals surface area contributed by atoms with E-state index >= 15 is 0 Å². The summed E-state index contributed by atoms with van der Waals surface area (Å²) in [6.07, 6.45) is 5.41. The number of hydrogen-bond donors (Lipinski definition) is 0. The number of nitrogens with zero attached hydrogens (tertiary/aromatic N) is 2. The smallest absolute Gasteiger partial charge is 0.261 e. The van der Waals surface area contributed by atoms with Crippen LogP contribution in [0, 0.1) is 5.92 Å². The van der Waals surface area contributed by atoms with E-state index in [-0.39, 0.29) is 5.04 Å². The van der Waals surface area contributed by atoms with E-state index < -0.39 is 8.32 Å². The fraction of sp³-hybridized carbons (Fsp3) is 0.519. The maximum atomic E-state index is 7.01. The second-order valence-corrected chi connectivity index (χ2v) is 14.3. The van der Waals surface area contributed by atoms with Crippen LogP contribution in [-0.4, -0.2) is 52.5 Å². The second kappa shape index (κ2) is 11.3. The third-order valence-corrected chi connectivity index (χ3v) is 11.5. The van der Waals surface area contributed by atoms with Crippen LogP contribution in [0.1, 0.15) is 47.0 Å². The number of benzene rings is 2. The minimum absolute atomic E-state index is 0.00988. The first-order chi connectivity index (χ1) is 15.4. The van der Waals surface area contributed by atoms with E-state index in [1.165, 1.54) is 16.8 Å². The van der Waals surface area contributed by atoms with E-state index in [2.05, 4.69) is 99.6 Å². The third kappa shape index (κ3) is 5.69. The lowest BCUT2D eigenvalue weighted by Gasteiger charge is -2.43. The first kappa shape index (κ1) is 24.7. The lowest BCUT2D eigenvalue weighted by molar-refractivity contribution is 0.118. The summed E-state index contributed by atoms with van der Waals surface area (Å²) in [5.74, 6) is 0.358. The van der Waals surface area contributed by atoms with Gasteiger partial charge in [-0.15, -0.1) is 0 Å². The highest BCUT2D eigenvalue weighted by Gasteiger charge is 2.49. The summed E-state index contributed by atoms with van der Waals surface area (Å²) in [6, 6.07) is 22.1. The highest BCUT2D eigenvalue weighted by molar-refractivity contribution is 6.99. The van der Waals surface area contributed by atoms with E-state index in [0.29, 0.717) is 12.0 Å². The Morgan fingerprint density at radius 3 is 2.19 bits per heavy atom. The van der Waals surface area contributed by atoms with Crippen molar-refractivity contribution in [3.8, 4) is 0 Å². The van der Waals surface area contributed by atoms with E-state index in [1.807, 2.05) is 0 Å². The molecule has 3 rings (SSSR count). The van der Waals surface area contributed by atoms with Crippen LogP contribution < -0.4 is 10.4 Å². The van der Waals surface area contributed by atoms with Gasteiger partial charge in [0, 0.05) is 26.5 Å². The molecule has 0 radical (unpaired) electrons. The average Bonchev–Trinajstić information content (AvgIpc) is 3.23. The van der Waals surface area contributed by atoms with Crippen molar-refractivity contribution in [2.45, 2.75) is 58.0 Å². The molecule has 1 saturated heterocycles. The molecule has 0 spiro atoms. The SMILES string of the molecule is COC[C@@H]1CCCN1/N=C/[C@H](C)CCO[Si](c1ccccc1)(c1ccccc1)C(C)(C)C. The Hall–Kier alpha value is -1.95. The van der Waals surface area contributed by atoms with Crippen LogP contribution in [-0.2, 0) is 9.16 Å². The summed E-state index contributed by atoms with van der Waals surface area (Å²) in [7, 11) is -0.689. The lowest BCUT2D eigenvalue weighted by Crippen LogP contribution is -2.66. The molecule has 1 fully saturated rings. The van der Waals surface area contributed by atoms with Crippen LogP contribution >= 0.6 is 0 Å². The molecular weight excluding hydrogens is 412 g/mol. The van der Waals surface area contributed by atoms with Crippen molar-refractivity contribution >= 4 is 24.9 Å². The van der Waals surface area contributed by atoms with Crippen molar-refractivity contribution in [2.75, 3.05) is 26.9 Å². The first-order valence-corrected chi connectivity index (χ1v) is 13.8. The highest BCUT2D eigenvalue weighted by atomic mass is 28.4. The summed E-state index contributed by atoms with van der Waals surface area (Å²) in [5, 5.41) is 9.66. The summed E-state index contributed by atoms with van der Waals surface area (Å²) in [4.78, 5) is 0. The summed E-state index contributed by atoms with van der Waals surface area (Å²) < 4.78 is 12.4. The van der Waals surface area contributed by atoms with Gasteiger partial charge in [-0.2, -0.15) is 5.10 Å². The lowest BCUT2D eigenvalue weighted by atomic mass is 10.1. The van der Waals surface area contributed by atoms with Crippen molar-refractivity contribution in [2.24, 2.45) is 11.0 Å². The van der Waals surface area contributed by atoms with Crippen LogP contribution in [0.15, 0.2) is 65.8 Å². The largest absolute Gasteiger partial charge is 0.407 e. The molecule has 0 amide bonds. The molecule has 0 unspecified atom stereocenters. The summed E-state index contributed by atoms with van der Waals surface area (Å²) in [5.41, 5.74) is 0. The molecule has 1 aliphatic rings. The van der Waals surface area contributed by atoms with Crippen molar-refractivity contribution < 1.29 is 9.16 Å². The molecule has 32 heavy (non-hydrogen) atoms. The summed E-state index contributed by atoms with van der Waals surface area (Å²) >= 11 is 0. The Bertz CT molecular complexity index is 796. The normalized spacial score (nSPS) is 18.4. The molecule has 0 aromatic heterocycles. The zero-order valence-electron chi connectivity index (χ0n) is 20.5. The molecule has 2 aromatic rings. The van der Waals surface area contributed by atoms with Crippen molar-refractivity contribution in [3.05, 3.63) is 60.7 Å². The van der Waals surface area contributed by atoms with Crippen LogP contribution in [0.4, 0.5) is 0 Å². The second-order valence-electron chi connectivity index (χ2n) is 9.96. The monoisotopic (exact) mass is 452 g/mol. The van der Waals surface area contributed by atoms with E-state index in [1.54, 1.807) is 7.11 Å². The van der Waals surface area contributed by atoms with Gasteiger partial charge >= 0.3 is 0 Å². The molecule has 0 bridgehead atoms. The van der Waals surface area contributed by atoms with Gasteiger partial charge in [0.1, 0.15) is 0 Å². The van der Waals surface area contributed by atoms with Gasteiger partial charge in [0.2, 0.25) is 0 Å². The van der Waals surface area contributed by atoms with Gasteiger partial charge in [-0.1, -0.05) is 88.4 Å². The van der Waals surface area contributed by atoms with Crippen molar-refractivity contribution in [1.29, 1.82) is 0 Å². The number of hydrogen-bond acceptors (Lipinski definition) is 4. The average molecular weight is 453 g/mol. The Kier molecular flexibility index (Phi) is 8.69. The Morgan fingerprint density at radius 1 is 1.06 bits per heavy atom. The Balaban J connectivity index is 1.74. The molecule has 1 heterocycles. The van der Waals surface area contributed by atoms with E-state index in [4.69, 9.17) is 14.3 Å². The van der Waals surface area contributed by atoms with Crippen LogP contribution in [0.3, 0.4) is 0 Å². The number of hydrazone groups is 1. The molecule has 1 aliphatic heterocycles. The zero-order valence-corrected chi connectivity index (χ0v) is 21.5. The summed E-state index contributed by atoms with van der Waals surface area (Å²) in [6.45, 7) is 11.7. The van der Waals surface area contributed by atoms with E-state index in [0.717, 1.165) is 32.6 Å². The fourth-order valence-corrected chi connectivity index (χ4v) is 9.35. The zero-order chi connectivity index (χ0) is 23.0. The van der Waals surface area contributed by atoms with Crippen LogP contribution in [0.5, 0.6) is 0 Å². The number of methoxy groups -OCH3 is 1. The fourth-order valence-electron chi connectivity index (χ4n) is 4.77. The minimum Gasteiger partial charge on any atom is -0.407 e. The molecule has 4 nitrogen and oxygen atoms in total. The van der Waals surface area contributed by atoms with E-state index in [9.17, 15) is 0 Å². The molecule has 2 atom stereocenters. The van der Waals surface area contributed by atoms with Gasteiger partial charge in [0.25, 0.3) is 8.32 Å². The van der Waals surface area contributed by atoms with Gasteiger partial charge < -0.3 is 9.16 Å². The predicted octanol–water partition coefficient (Wildman–Crippen LogP) is 4.69. The van der Waals surface area contributed by atoms with Gasteiger partial charge in [0.05, 0.1) is 12.6 Å². The highest BCUT2D eigenvalue weighted by Crippen LogP contribution is 2.36. The maximum absolute atomic E-state index is 7.01. The van der Waals surface area contributed by atoms with Crippen molar-refractivity contribution in [1.82, 2.24) is 5.01 Å². The van der Waals surface area contributed by atoms with Gasteiger partial charge in [-0.3, -0.25) is 5.01 Å².